The van der Waals surface area contributed by atoms with E-state index in [-0.39, 0.29) is 25.4 Å². The van der Waals surface area contributed by atoms with Crippen LogP contribution in [0.25, 0.3) is 21.1 Å². The van der Waals surface area contributed by atoms with Gasteiger partial charge in [0.15, 0.2) is 5.58 Å². The zero-order valence-electron chi connectivity index (χ0n) is 20.7. The maximum absolute atomic E-state index is 14.0. The number of ether oxygens (including phenoxy) is 2. The van der Waals surface area contributed by atoms with Crippen LogP contribution in [0.3, 0.4) is 0 Å². The van der Waals surface area contributed by atoms with E-state index in [0.29, 0.717) is 38.1 Å². The number of aliphatic hydroxyl groups is 1. The van der Waals surface area contributed by atoms with Crippen molar-refractivity contribution in [3.63, 3.8) is 0 Å². The first-order valence-corrected chi connectivity index (χ1v) is 13.4. The number of aliphatic hydroxyl groups excluding tert-OH is 1. The van der Waals surface area contributed by atoms with Crippen LogP contribution in [0.4, 0.5) is 5.69 Å². The van der Waals surface area contributed by atoms with Gasteiger partial charge in [-0.25, -0.2) is 9.69 Å². The summed E-state index contributed by atoms with van der Waals surface area (Å²) >= 11 is 1.01. The molecule has 9 nitrogen and oxygen atoms in total. The Bertz CT molecular complexity index is 1800. The van der Waals surface area contributed by atoms with Crippen LogP contribution in [-0.2, 0) is 14.3 Å². The first kappa shape index (κ1) is 24.0. The van der Waals surface area contributed by atoms with Gasteiger partial charge in [-0.05, 0) is 31.2 Å². The van der Waals surface area contributed by atoms with Gasteiger partial charge in [-0.1, -0.05) is 35.6 Å². The Kier molecular flexibility index (Phi) is 5.07. The third-order valence-corrected chi connectivity index (χ3v) is 9.28. The lowest BCUT2D eigenvalue weighted by Crippen LogP contribution is -2.49. The molecule has 7 rings (SSSR count). The summed E-state index contributed by atoms with van der Waals surface area (Å²) in [5.74, 6) is -1.93. The number of fused-ring (bicyclic) bond motifs is 7. The van der Waals surface area contributed by atoms with Crippen molar-refractivity contribution in [2.24, 2.45) is 11.8 Å². The molecule has 3 fully saturated rings. The fraction of sp³-hybridized carbons (Fsp3) is 0.310. The maximum atomic E-state index is 14.0. The van der Waals surface area contributed by atoms with Gasteiger partial charge in [0.25, 0.3) is 0 Å². The van der Waals surface area contributed by atoms with E-state index >= 15 is 0 Å². The van der Waals surface area contributed by atoms with Crippen molar-refractivity contribution >= 4 is 49.9 Å². The SMILES string of the molecule is C[C@]12O[C@](CCOc3ccc4sc(=O)oc4c3)(C[C@@H]1O)[C@H]1C(=O)N(c3ccc(C#N)c4ccccc34)C(=O)[C@H]12. The van der Waals surface area contributed by atoms with Crippen molar-refractivity contribution in [3.8, 4) is 11.8 Å². The van der Waals surface area contributed by atoms with Crippen LogP contribution in [0, 0.1) is 23.2 Å². The van der Waals surface area contributed by atoms with Crippen molar-refractivity contribution < 1.29 is 28.6 Å². The summed E-state index contributed by atoms with van der Waals surface area (Å²) < 4.78 is 18.2. The van der Waals surface area contributed by atoms with E-state index in [0.717, 1.165) is 11.3 Å². The highest BCUT2D eigenvalue weighted by molar-refractivity contribution is 7.16. The van der Waals surface area contributed by atoms with Crippen molar-refractivity contribution in [2.45, 2.75) is 37.1 Å². The second-order valence-electron chi connectivity index (χ2n) is 10.5. The molecule has 10 heteroatoms. The van der Waals surface area contributed by atoms with E-state index in [1.165, 1.54) is 4.90 Å². The molecule has 0 radical (unpaired) electrons. The van der Waals surface area contributed by atoms with Gasteiger partial charge in [-0.2, -0.15) is 5.26 Å². The average molecular weight is 543 g/mol. The molecule has 0 aliphatic carbocycles. The van der Waals surface area contributed by atoms with E-state index in [1.807, 2.05) is 0 Å². The number of carbonyl (C=O) groups is 2. The molecule has 4 aromatic rings. The molecule has 39 heavy (non-hydrogen) atoms. The van der Waals surface area contributed by atoms with Crippen LogP contribution >= 0.6 is 11.3 Å². The Balaban J connectivity index is 1.21. The first-order chi connectivity index (χ1) is 18.8. The number of hydrogen-bond acceptors (Lipinski definition) is 9. The van der Waals surface area contributed by atoms with Crippen molar-refractivity contribution in [2.75, 3.05) is 11.5 Å². The molecule has 3 aliphatic heterocycles. The number of nitrogens with zero attached hydrogens (tertiary/aromatic N) is 2. The molecule has 3 aromatic carbocycles. The molecular weight excluding hydrogens is 520 g/mol. The third-order valence-electron chi connectivity index (χ3n) is 8.47. The zero-order valence-corrected chi connectivity index (χ0v) is 21.6. The Hall–Kier alpha value is -4.04. The predicted octanol–water partition coefficient (Wildman–Crippen LogP) is 3.75. The van der Waals surface area contributed by atoms with Gasteiger partial charge in [-0.15, -0.1) is 0 Å². The fourth-order valence-electron chi connectivity index (χ4n) is 6.72. The summed E-state index contributed by atoms with van der Waals surface area (Å²) in [6.07, 6.45) is -0.453. The molecule has 1 N–H and O–H groups in total. The maximum Gasteiger partial charge on any atom is 0.396 e. The van der Waals surface area contributed by atoms with E-state index in [4.69, 9.17) is 13.9 Å². The molecule has 0 unspecified atom stereocenters. The normalized spacial score (nSPS) is 29.4. The quantitative estimate of drug-likeness (QED) is 0.378. The summed E-state index contributed by atoms with van der Waals surface area (Å²) in [5, 5.41) is 21.8. The second kappa shape index (κ2) is 8.23. The minimum Gasteiger partial charge on any atom is -0.493 e. The molecule has 5 atom stereocenters. The number of imide groups is 1. The molecular formula is C29H22N2O7S. The van der Waals surface area contributed by atoms with Crippen LogP contribution in [0.1, 0.15) is 25.3 Å². The molecule has 0 spiro atoms. The van der Waals surface area contributed by atoms with Gasteiger partial charge in [0.1, 0.15) is 11.4 Å². The summed E-state index contributed by atoms with van der Waals surface area (Å²) in [6.45, 7) is 1.86. The van der Waals surface area contributed by atoms with Crippen LogP contribution in [-0.4, -0.2) is 40.8 Å². The lowest BCUT2D eigenvalue weighted by molar-refractivity contribution is -0.134. The monoisotopic (exact) mass is 542 g/mol. The predicted molar refractivity (Wildman–Crippen MR) is 141 cm³/mol. The Morgan fingerprint density at radius 2 is 1.87 bits per heavy atom. The van der Waals surface area contributed by atoms with Gasteiger partial charge in [0.2, 0.25) is 11.8 Å². The topological polar surface area (TPSA) is 130 Å². The van der Waals surface area contributed by atoms with Crippen LogP contribution < -0.4 is 14.6 Å². The molecule has 1 aromatic heterocycles. The zero-order chi connectivity index (χ0) is 27.1. The number of nitriles is 1. The second-order valence-corrected chi connectivity index (χ2v) is 11.5. The van der Waals surface area contributed by atoms with Crippen LogP contribution in [0.5, 0.6) is 5.75 Å². The summed E-state index contributed by atoms with van der Waals surface area (Å²) in [5.41, 5.74) is -0.991. The number of rotatable bonds is 5. The number of amides is 2. The van der Waals surface area contributed by atoms with E-state index in [9.17, 15) is 24.8 Å². The van der Waals surface area contributed by atoms with E-state index in [2.05, 4.69) is 6.07 Å². The smallest absolute Gasteiger partial charge is 0.396 e. The number of benzene rings is 3. The molecule has 2 bridgehead atoms. The van der Waals surface area contributed by atoms with E-state index < -0.39 is 40.0 Å². The average Bonchev–Trinajstić information content (AvgIpc) is 3.58. The summed E-state index contributed by atoms with van der Waals surface area (Å²) in [6, 6.07) is 17.7. The fourth-order valence-corrected chi connectivity index (χ4v) is 7.37. The molecule has 2 amide bonds. The van der Waals surface area contributed by atoms with Crippen molar-refractivity contribution in [1.82, 2.24) is 0 Å². The minimum atomic E-state index is -1.21. The lowest BCUT2D eigenvalue weighted by atomic mass is 9.66. The summed E-state index contributed by atoms with van der Waals surface area (Å²) in [7, 11) is 0. The highest BCUT2D eigenvalue weighted by atomic mass is 32.1. The minimum absolute atomic E-state index is 0.160. The van der Waals surface area contributed by atoms with Gasteiger partial charge >= 0.3 is 4.94 Å². The first-order valence-electron chi connectivity index (χ1n) is 12.6. The molecule has 3 aliphatic rings. The van der Waals surface area contributed by atoms with Crippen LogP contribution in [0.15, 0.2) is 63.8 Å². The Morgan fingerprint density at radius 3 is 2.67 bits per heavy atom. The van der Waals surface area contributed by atoms with E-state index in [1.54, 1.807) is 61.5 Å². The lowest BCUT2D eigenvalue weighted by Gasteiger charge is -2.33. The molecule has 4 heterocycles. The van der Waals surface area contributed by atoms with Gasteiger partial charge < -0.3 is 19.0 Å². The largest absolute Gasteiger partial charge is 0.493 e. The Morgan fingerprint density at radius 1 is 1.10 bits per heavy atom. The van der Waals surface area contributed by atoms with Crippen molar-refractivity contribution in [3.05, 3.63) is 69.9 Å². The highest BCUT2D eigenvalue weighted by Gasteiger charge is 2.77. The van der Waals surface area contributed by atoms with Gasteiger partial charge in [0, 0.05) is 29.7 Å². The molecule has 196 valence electrons. The third kappa shape index (κ3) is 3.27. The van der Waals surface area contributed by atoms with Crippen LogP contribution in [0.2, 0.25) is 0 Å². The number of carbonyl (C=O) groups excluding carboxylic acids is 2. The summed E-state index contributed by atoms with van der Waals surface area (Å²) in [4.78, 5) is 40.2. The van der Waals surface area contributed by atoms with Crippen molar-refractivity contribution in [1.29, 1.82) is 5.26 Å². The highest BCUT2D eigenvalue weighted by Crippen LogP contribution is 2.62. The number of anilines is 1. The van der Waals surface area contributed by atoms with Gasteiger partial charge in [-0.3, -0.25) is 9.59 Å². The molecule has 0 saturated carbocycles. The standard InChI is InChI=1S/C29H22N2O7S/c1-28-22(32)13-29(38-28,10-11-36-16-7-9-21-20(12-16)37-27(35)39-21)24-23(28)25(33)31(26(24)34)19-8-6-15(14-30)17-4-2-3-5-18(17)19/h2-9,12,22-24,32H,10-11,13H2,1H3/t22-,23-,24+,28-,29+/m0/s1. The van der Waals surface area contributed by atoms with Gasteiger partial charge in [0.05, 0.1) is 52.2 Å². The number of hydrogen-bond donors (Lipinski definition) is 1. The Labute approximate surface area is 225 Å². The molecule has 3 saturated heterocycles.